The second-order valence-electron chi connectivity index (χ2n) is 5.34. The molecule has 0 spiro atoms. The Labute approximate surface area is 116 Å². The zero-order chi connectivity index (χ0) is 13.8. The smallest absolute Gasteiger partial charge is 0.0756 e. The third kappa shape index (κ3) is 2.84. The molecule has 1 aliphatic heterocycles. The van der Waals surface area contributed by atoms with E-state index in [0.29, 0.717) is 6.04 Å². The molecule has 4 heteroatoms. The number of ether oxygens (including phenoxy) is 1. The Morgan fingerprint density at radius 1 is 1.37 bits per heavy atom. The van der Waals surface area contributed by atoms with Crippen LogP contribution in [0.25, 0.3) is 0 Å². The first-order valence-electron chi connectivity index (χ1n) is 7.66. The van der Waals surface area contributed by atoms with Crippen LogP contribution in [-0.4, -0.2) is 23.0 Å². The predicted octanol–water partition coefficient (Wildman–Crippen LogP) is 2.77. The molecule has 1 saturated heterocycles. The van der Waals surface area contributed by atoms with Crippen molar-refractivity contribution in [2.24, 2.45) is 5.73 Å². The molecule has 0 amide bonds. The summed E-state index contributed by atoms with van der Waals surface area (Å²) in [5.74, 6) is 0. The molecule has 108 valence electrons. The summed E-state index contributed by atoms with van der Waals surface area (Å²) in [6.07, 6.45) is 5.21. The van der Waals surface area contributed by atoms with Crippen molar-refractivity contribution in [1.29, 1.82) is 0 Å². The average molecular weight is 265 g/mol. The van der Waals surface area contributed by atoms with Gasteiger partial charge in [-0.2, -0.15) is 5.10 Å². The third-order valence-electron chi connectivity index (χ3n) is 4.09. The lowest BCUT2D eigenvalue weighted by molar-refractivity contribution is 0.0538. The molecule has 2 atom stereocenters. The summed E-state index contributed by atoms with van der Waals surface area (Å²) >= 11 is 0. The highest BCUT2D eigenvalue weighted by atomic mass is 16.5. The van der Waals surface area contributed by atoms with Crippen LogP contribution in [0.15, 0.2) is 0 Å². The summed E-state index contributed by atoms with van der Waals surface area (Å²) in [5, 5.41) is 4.85. The lowest BCUT2D eigenvalue weighted by atomic mass is 9.99. The van der Waals surface area contributed by atoms with Gasteiger partial charge in [0, 0.05) is 23.9 Å². The van der Waals surface area contributed by atoms with Crippen molar-refractivity contribution in [2.45, 2.75) is 65.0 Å². The van der Waals surface area contributed by atoms with Gasteiger partial charge in [-0.1, -0.05) is 20.8 Å². The first-order valence-corrected chi connectivity index (χ1v) is 7.66. The average Bonchev–Trinajstić information content (AvgIpc) is 2.85. The van der Waals surface area contributed by atoms with Gasteiger partial charge in [0.1, 0.15) is 0 Å². The normalized spacial score (nSPS) is 21.6. The van der Waals surface area contributed by atoms with Gasteiger partial charge in [-0.25, -0.2) is 0 Å². The van der Waals surface area contributed by atoms with E-state index in [1.807, 2.05) is 0 Å². The Hall–Kier alpha value is -0.870. The summed E-state index contributed by atoms with van der Waals surface area (Å²) in [7, 11) is 0. The number of nitrogens with two attached hydrogens (primary N) is 1. The van der Waals surface area contributed by atoms with Crippen LogP contribution in [0, 0.1) is 0 Å². The molecule has 0 aliphatic carbocycles. The minimum absolute atomic E-state index is 0.114. The second kappa shape index (κ2) is 6.53. The molecular weight excluding hydrogens is 238 g/mol. The van der Waals surface area contributed by atoms with Crippen LogP contribution in [0.2, 0.25) is 0 Å². The molecule has 1 aromatic heterocycles. The molecule has 0 saturated carbocycles. The van der Waals surface area contributed by atoms with Crippen LogP contribution >= 0.6 is 0 Å². The number of hydrogen-bond acceptors (Lipinski definition) is 3. The standard InChI is InChI=1S/C15H27N3O/c1-4-12(16)15-13(5-2)17-18(14(15)6-3)11-8-7-9-19-10-11/h11-12H,4-10,16H2,1-3H3. The lowest BCUT2D eigenvalue weighted by Crippen LogP contribution is -2.24. The summed E-state index contributed by atoms with van der Waals surface area (Å²) in [4.78, 5) is 0. The Morgan fingerprint density at radius 3 is 2.68 bits per heavy atom. The maximum atomic E-state index is 6.31. The van der Waals surface area contributed by atoms with Gasteiger partial charge in [0.2, 0.25) is 0 Å². The van der Waals surface area contributed by atoms with E-state index in [0.717, 1.165) is 38.9 Å². The predicted molar refractivity (Wildman–Crippen MR) is 77.3 cm³/mol. The number of hydrogen-bond donors (Lipinski definition) is 1. The molecule has 4 nitrogen and oxygen atoms in total. The quantitative estimate of drug-likeness (QED) is 0.890. The van der Waals surface area contributed by atoms with Gasteiger partial charge >= 0.3 is 0 Å². The van der Waals surface area contributed by atoms with Crippen LogP contribution in [0.3, 0.4) is 0 Å². The fraction of sp³-hybridized carbons (Fsp3) is 0.800. The fourth-order valence-electron chi connectivity index (χ4n) is 3.00. The molecule has 0 aromatic carbocycles. The molecule has 1 aromatic rings. The minimum Gasteiger partial charge on any atom is -0.379 e. The van der Waals surface area contributed by atoms with E-state index < -0.39 is 0 Å². The summed E-state index contributed by atoms with van der Waals surface area (Å²) in [5.41, 5.74) is 10.1. The van der Waals surface area contributed by atoms with Gasteiger partial charge < -0.3 is 10.5 Å². The van der Waals surface area contributed by atoms with Crippen molar-refractivity contribution in [3.8, 4) is 0 Å². The largest absolute Gasteiger partial charge is 0.379 e. The van der Waals surface area contributed by atoms with Crippen molar-refractivity contribution in [3.63, 3.8) is 0 Å². The van der Waals surface area contributed by atoms with Crippen LogP contribution in [0.4, 0.5) is 0 Å². The van der Waals surface area contributed by atoms with Gasteiger partial charge in [0.15, 0.2) is 0 Å². The molecule has 2 heterocycles. The van der Waals surface area contributed by atoms with Crippen LogP contribution in [0.1, 0.15) is 69.1 Å². The molecular formula is C15H27N3O. The first-order chi connectivity index (χ1) is 9.22. The van der Waals surface area contributed by atoms with Crippen molar-refractivity contribution in [2.75, 3.05) is 13.2 Å². The molecule has 2 N–H and O–H groups in total. The van der Waals surface area contributed by atoms with Crippen molar-refractivity contribution >= 4 is 0 Å². The van der Waals surface area contributed by atoms with Crippen LogP contribution < -0.4 is 5.73 Å². The van der Waals surface area contributed by atoms with Gasteiger partial charge in [-0.05, 0) is 32.1 Å². The highest BCUT2D eigenvalue weighted by molar-refractivity contribution is 5.30. The molecule has 0 radical (unpaired) electrons. The molecule has 1 fully saturated rings. The van der Waals surface area contributed by atoms with E-state index in [-0.39, 0.29) is 6.04 Å². The Bertz CT molecular complexity index is 408. The second-order valence-corrected chi connectivity index (χ2v) is 5.34. The van der Waals surface area contributed by atoms with Crippen LogP contribution in [-0.2, 0) is 17.6 Å². The first kappa shape index (κ1) is 14.5. The van der Waals surface area contributed by atoms with E-state index >= 15 is 0 Å². The number of aryl methyl sites for hydroxylation is 1. The minimum atomic E-state index is 0.114. The number of aromatic nitrogens is 2. The summed E-state index contributed by atoms with van der Waals surface area (Å²) in [6.45, 7) is 8.18. The van der Waals surface area contributed by atoms with Crippen molar-refractivity contribution in [3.05, 3.63) is 17.0 Å². The van der Waals surface area contributed by atoms with E-state index in [9.17, 15) is 0 Å². The Balaban J connectivity index is 2.39. The number of rotatable bonds is 5. The molecule has 2 rings (SSSR count). The van der Waals surface area contributed by atoms with E-state index in [4.69, 9.17) is 15.6 Å². The van der Waals surface area contributed by atoms with E-state index in [1.165, 1.54) is 23.4 Å². The zero-order valence-corrected chi connectivity index (χ0v) is 12.5. The SMILES string of the molecule is CCc1nn(C2CCCOC2)c(CC)c1C(N)CC. The zero-order valence-electron chi connectivity index (χ0n) is 12.5. The maximum absolute atomic E-state index is 6.31. The van der Waals surface area contributed by atoms with Gasteiger partial charge in [0.25, 0.3) is 0 Å². The molecule has 19 heavy (non-hydrogen) atoms. The fourth-order valence-corrected chi connectivity index (χ4v) is 3.00. The molecule has 0 bridgehead atoms. The number of nitrogens with zero attached hydrogens (tertiary/aromatic N) is 2. The third-order valence-corrected chi connectivity index (χ3v) is 4.09. The van der Waals surface area contributed by atoms with Gasteiger partial charge in [-0.15, -0.1) is 0 Å². The Morgan fingerprint density at radius 2 is 2.16 bits per heavy atom. The Kier molecular flexibility index (Phi) is 4.99. The highest BCUT2D eigenvalue weighted by Gasteiger charge is 2.25. The van der Waals surface area contributed by atoms with Crippen molar-refractivity contribution < 1.29 is 4.74 Å². The van der Waals surface area contributed by atoms with E-state index in [2.05, 4.69) is 25.5 Å². The monoisotopic (exact) mass is 265 g/mol. The lowest BCUT2D eigenvalue weighted by Gasteiger charge is -2.24. The highest BCUT2D eigenvalue weighted by Crippen LogP contribution is 2.29. The molecule has 1 aliphatic rings. The van der Waals surface area contributed by atoms with E-state index in [1.54, 1.807) is 0 Å². The maximum Gasteiger partial charge on any atom is 0.0756 e. The molecule has 2 unspecified atom stereocenters. The summed E-state index contributed by atoms with van der Waals surface area (Å²) < 4.78 is 7.82. The van der Waals surface area contributed by atoms with Crippen LogP contribution in [0.5, 0.6) is 0 Å². The van der Waals surface area contributed by atoms with Gasteiger partial charge in [-0.3, -0.25) is 4.68 Å². The topological polar surface area (TPSA) is 53.1 Å². The van der Waals surface area contributed by atoms with Crippen molar-refractivity contribution in [1.82, 2.24) is 9.78 Å². The van der Waals surface area contributed by atoms with Gasteiger partial charge in [0.05, 0.1) is 18.3 Å². The summed E-state index contributed by atoms with van der Waals surface area (Å²) in [6, 6.07) is 0.509.